The minimum atomic E-state index is -0.646. The van der Waals surface area contributed by atoms with Crippen molar-refractivity contribution >= 4 is 5.97 Å². The van der Waals surface area contributed by atoms with E-state index in [-0.39, 0.29) is 30.6 Å². The van der Waals surface area contributed by atoms with E-state index < -0.39 is 12.4 Å². The van der Waals surface area contributed by atoms with Gasteiger partial charge in [0.2, 0.25) is 0 Å². The molecule has 1 unspecified atom stereocenters. The summed E-state index contributed by atoms with van der Waals surface area (Å²) in [6.45, 7) is 5.53. The molecule has 0 amide bonds. The first kappa shape index (κ1) is 16.4. The number of aliphatic hydroxyl groups is 1. The molecular formula is C15H24O6. The molecule has 0 aromatic heterocycles. The minimum absolute atomic E-state index is 0.0325. The summed E-state index contributed by atoms with van der Waals surface area (Å²) in [6, 6.07) is 0. The van der Waals surface area contributed by atoms with Crippen LogP contribution in [0.5, 0.6) is 0 Å². The van der Waals surface area contributed by atoms with Crippen LogP contribution in [0.3, 0.4) is 0 Å². The van der Waals surface area contributed by atoms with E-state index in [0.717, 1.165) is 6.42 Å². The molecule has 2 aliphatic heterocycles. The summed E-state index contributed by atoms with van der Waals surface area (Å²) in [4.78, 5) is 11.3. The molecule has 2 aliphatic rings. The van der Waals surface area contributed by atoms with Crippen molar-refractivity contribution in [2.75, 3.05) is 0 Å². The number of carbonyl (C=O) groups is 1. The van der Waals surface area contributed by atoms with Crippen LogP contribution in [0.4, 0.5) is 0 Å². The molecule has 1 N–H and O–H groups in total. The Morgan fingerprint density at radius 3 is 2.86 bits per heavy atom. The van der Waals surface area contributed by atoms with E-state index in [9.17, 15) is 9.90 Å². The van der Waals surface area contributed by atoms with Crippen LogP contribution in [0.25, 0.3) is 0 Å². The van der Waals surface area contributed by atoms with Crippen LogP contribution in [0.1, 0.15) is 40.0 Å². The maximum atomic E-state index is 11.3. The zero-order chi connectivity index (χ0) is 15.4. The van der Waals surface area contributed by atoms with Crippen LogP contribution >= 0.6 is 0 Å². The van der Waals surface area contributed by atoms with Gasteiger partial charge in [-0.05, 0) is 33.6 Å². The number of fused-ring (bicyclic) bond motifs is 1. The van der Waals surface area contributed by atoms with Gasteiger partial charge in [0.1, 0.15) is 12.2 Å². The SMILES string of the molecule is CC(C)OC(=O)/C=C/CC[C@@H](C)O[C@@H]1OC2O[C@@H]2C[C@@H]1O. The van der Waals surface area contributed by atoms with E-state index in [1.807, 2.05) is 20.8 Å². The van der Waals surface area contributed by atoms with Gasteiger partial charge in [0.05, 0.1) is 12.2 Å². The molecule has 120 valence electrons. The number of epoxide rings is 1. The van der Waals surface area contributed by atoms with Crippen LogP contribution < -0.4 is 0 Å². The molecular weight excluding hydrogens is 276 g/mol. The highest BCUT2D eigenvalue weighted by Gasteiger charge is 2.50. The first-order valence-electron chi connectivity index (χ1n) is 7.47. The van der Waals surface area contributed by atoms with Crippen LogP contribution in [0.2, 0.25) is 0 Å². The molecule has 0 radical (unpaired) electrons. The number of rotatable bonds is 7. The molecule has 2 fully saturated rings. The summed E-state index contributed by atoms with van der Waals surface area (Å²) >= 11 is 0. The Bertz CT molecular complexity index is 380. The number of hydrogen-bond acceptors (Lipinski definition) is 6. The summed E-state index contributed by atoms with van der Waals surface area (Å²) in [7, 11) is 0. The van der Waals surface area contributed by atoms with Crippen molar-refractivity contribution in [3.05, 3.63) is 12.2 Å². The Kier molecular flexibility index (Phi) is 5.75. The number of esters is 1. The molecule has 0 saturated carbocycles. The average Bonchev–Trinajstić information content (AvgIpc) is 3.12. The first-order chi connectivity index (χ1) is 9.95. The lowest BCUT2D eigenvalue weighted by molar-refractivity contribution is -0.238. The Balaban J connectivity index is 1.62. The molecule has 6 nitrogen and oxygen atoms in total. The van der Waals surface area contributed by atoms with Crippen molar-refractivity contribution in [2.45, 2.75) is 77.0 Å². The molecule has 6 heteroatoms. The fourth-order valence-electron chi connectivity index (χ4n) is 2.19. The topological polar surface area (TPSA) is 77.5 Å². The number of carbonyl (C=O) groups excluding carboxylic acids is 1. The fraction of sp³-hybridized carbons (Fsp3) is 0.800. The number of hydrogen-bond donors (Lipinski definition) is 1. The van der Waals surface area contributed by atoms with Crippen molar-refractivity contribution < 1.29 is 28.8 Å². The Hall–Kier alpha value is -0.950. The summed E-state index contributed by atoms with van der Waals surface area (Å²) in [6.07, 6.45) is 3.54. The van der Waals surface area contributed by atoms with Gasteiger partial charge < -0.3 is 24.1 Å². The van der Waals surface area contributed by atoms with Crippen LogP contribution in [-0.4, -0.2) is 48.1 Å². The third kappa shape index (κ3) is 5.39. The molecule has 21 heavy (non-hydrogen) atoms. The zero-order valence-corrected chi connectivity index (χ0v) is 12.7. The number of allylic oxidation sites excluding steroid dienone is 1. The standard InChI is InChI=1S/C15H24O6/c1-9(2)18-13(17)7-5-4-6-10(3)19-14-11(16)8-12-15(20-12)21-14/h5,7,9-12,14-16H,4,6,8H2,1-3H3/b7-5+/t10-,11+,12-,14-,15?/m1/s1. The van der Waals surface area contributed by atoms with Gasteiger partial charge >= 0.3 is 5.97 Å². The third-order valence-corrected chi connectivity index (χ3v) is 3.30. The summed E-state index contributed by atoms with van der Waals surface area (Å²) in [5.41, 5.74) is 0. The average molecular weight is 300 g/mol. The van der Waals surface area contributed by atoms with Crippen molar-refractivity contribution in [3.8, 4) is 0 Å². The normalized spacial score (nSPS) is 33.0. The lowest BCUT2D eigenvalue weighted by atomic mass is 10.1. The van der Waals surface area contributed by atoms with Gasteiger partial charge in [0.25, 0.3) is 0 Å². The minimum Gasteiger partial charge on any atom is -0.460 e. The highest BCUT2D eigenvalue weighted by Crippen LogP contribution is 2.36. The quantitative estimate of drug-likeness (QED) is 0.436. The lowest BCUT2D eigenvalue weighted by Crippen LogP contribution is -2.40. The van der Waals surface area contributed by atoms with Gasteiger partial charge in [-0.15, -0.1) is 0 Å². The Labute approximate surface area is 125 Å². The fourth-order valence-corrected chi connectivity index (χ4v) is 2.19. The van der Waals surface area contributed by atoms with Gasteiger partial charge in [-0.25, -0.2) is 4.79 Å². The second kappa shape index (κ2) is 7.35. The third-order valence-electron chi connectivity index (χ3n) is 3.30. The first-order valence-corrected chi connectivity index (χ1v) is 7.47. The van der Waals surface area contributed by atoms with Crippen molar-refractivity contribution in [3.63, 3.8) is 0 Å². The molecule has 0 aliphatic carbocycles. The summed E-state index contributed by atoms with van der Waals surface area (Å²) < 4.78 is 21.3. The molecule has 0 aromatic rings. The van der Waals surface area contributed by atoms with Gasteiger partial charge in [0.15, 0.2) is 12.6 Å². The van der Waals surface area contributed by atoms with Crippen LogP contribution in [0.15, 0.2) is 12.2 Å². The predicted octanol–water partition coefficient (Wildman–Crippen LogP) is 1.51. The van der Waals surface area contributed by atoms with E-state index >= 15 is 0 Å². The summed E-state index contributed by atoms with van der Waals surface area (Å²) in [5, 5.41) is 9.84. The molecule has 0 spiro atoms. The number of ether oxygens (including phenoxy) is 4. The second-order valence-corrected chi connectivity index (χ2v) is 5.76. The Morgan fingerprint density at radius 2 is 2.14 bits per heavy atom. The van der Waals surface area contributed by atoms with Crippen molar-refractivity contribution in [2.24, 2.45) is 0 Å². The van der Waals surface area contributed by atoms with Gasteiger partial charge in [-0.2, -0.15) is 0 Å². The lowest BCUT2D eigenvalue weighted by Gasteiger charge is -2.28. The molecule has 2 saturated heterocycles. The molecule has 2 heterocycles. The highest BCUT2D eigenvalue weighted by atomic mass is 16.8. The van der Waals surface area contributed by atoms with E-state index in [0.29, 0.717) is 12.8 Å². The predicted molar refractivity (Wildman–Crippen MR) is 74.3 cm³/mol. The van der Waals surface area contributed by atoms with Crippen LogP contribution in [-0.2, 0) is 23.7 Å². The Morgan fingerprint density at radius 1 is 1.38 bits per heavy atom. The maximum Gasteiger partial charge on any atom is 0.330 e. The smallest absolute Gasteiger partial charge is 0.330 e. The monoisotopic (exact) mass is 300 g/mol. The molecule has 2 rings (SSSR count). The summed E-state index contributed by atoms with van der Waals surface area (Å²) in [5.74, 6) is -0.332. The van der Waals surface area contributed by atoms with Gasteiger partial charge in [-0.3, -0.25) is 0 Å². The maximum absolute atomic E-state index is 11.3. The van der Waals surface area contributed by atoms with E-state index in [1.165, 1.54) is 6.08 Å². The molecule has 5 atom stereocenters. The van der Waals surface area contributed by atoms with E-state index in [2.05, 4.69) is 0 Å². The van der Waals surface area contributed by atoms with Crippen LogP contribution in [0, 0.1) is 0 Å². The van der Waals surface area contributed by atoms with Crippen molar-refractivity contribution in [1.82, 2.24) is 0 Å². The molecule has 0 aromatic carbocycles. The zero-order valence-electron chi connectivity index (χ0n) is 12.7. The largest absolute Gasteiger partial charge is 0.460 e. The molecule has 0 bridgehead atoms. The van der Waals surface area contributed by atoms with Gasteiger partial charge in [0, 0.05) is 12.5 Å². The van der Waals surface area contributed by atoms with E-state index in [4.69, 9.17) is 18.9 Å². The highest BCUT2D eigenvalue weighted by molar-refractivity contribution is 5.81. The van der Waals surface area contributed by atoms with E-state index in [1.54, 1.807) is 6.08 Å². The van der Waals surface area contributed by atoms with Crippen molar-refractivity contribution in [1.29, 1.82) is 0 Å². The van der Waals surface area contributed by atoms with Gasteiger partial charge in [-0.1, -0.05) is 6.08 Å². The number of aliphatic hydroxyl groups excluding tert-OH is 1. The second-order valence-electron chi connectivity index (χ2n) is 5.76.